The summed E-state index contributed by atoms with van der Waals surface area (Å²) in [5.41, 5.74) is 0.593. The third kappa shape index (κ3) is 6.55. The van der Waals surface area contributed by atoms with Crippen LogP contribution >= 0.6 is 0 Å². The van der Waals surface area contributed by atoms with E-state index in [2.05, 4.69) is 41.5 Å². The highest BCUT2D eigenvalue weighted by atomic mass is 14.3. The first kappa shape index (κ1) is 16.0. The van der Waals surface area contributed by atoms with Crippen molar-refractivity contribution in [3.63, 3.8) is 0 Å². The molecule has 0 spiro atoms. The van der Waals surface area contributed by atoms with Gasteiger partial charge >= 0.3 is 0 Å². The summed E-state index contributed by atoms with van der Waals surface area (Å²) in [4.78, 5) is 0. The van der Waals surface area contributed by atoms with Gasteiger partial charge in [0.25, 0.3) is 0 Å². The lowest BCUT2D eigenvalue weighted by molar-refractivity contribution is 0.190. The van der Waals surface area contributed by atoms with Gasteiger partial charge in [0.15, 0.2) is 0 Å². The van der Waals surface area contributed by atoms with Crippen LogP contribution in [0.4, 0.5) is 0 Å². The molecule has 0 amide bonds. The zero-order valence-electron chi connectivity index (χ0n) is 12.6. The molecule has 2 atom stereocenters. The molecule has 0 nitrogen and oxygen atoms in total. The minimum absolute atomic E-state index is 0.593. The first-order valence-corrected chi connectivity index (χ1v) is 7.46. The molecule has 0 aromatic carbocycles. The van der Waals surface area contributed by atoms with E-state index in [0.717, 1.165) is 11.8 Å². The Bertz CT molecular complexity index is 155. The molecule has 2 unspecified atom stereocenters. The van der Waals surface area contributed by atoms with Crippen LogP contribution in [0.15, 0.2) is 0 Å². The summed E-state index contributed by atoms with van der Waals surface area (Å²) in [6.45, 7) is 13.9. The fourth-order valence-corrected chi connectivity index (χ4v) is 2.17. The van der Waals surface area contributed by atoms with Gasteiger partial charge in [-0.1, -0.05) is 73.6 Å². The zero-order valence-corrected chi connectivity index (χ0v) is 12.6. The van der Waals surface area contributed by atoms with Crippen LogP contribution in [0.3, 0.4) is 0 Å². The lowest BCUT2D eigenvalue weighted by atomic mass is 9.74. The van der Waals surface area contributed by atoms with Crippen molar-refractivity contribution in [2.24, 2.45) is 17.3 Å². The van der Waals surface area contributed by atoms with Crippen molar-refractivity contribution in [1.29, 1.82) is 0 Å². The lowest BCUT2D eigenvalue weighted by Gasteiger charge is -2.32. The molecule has 0 saturated heterocycles. The van der Waals surface area contributed by atoms with Gasteiger partial charge in [-0.15, -0.1) is 0 Å². The standard InChI is InChI=1S/C9H20.C7H14/c1-5-7-8-9(3,4)6-2;1-3-7-5-4-6(7)2/h5-8H2,1-4H3;6-7H,3-5H2,1-2H3. The van der Waals surface area contributed by atoms with Crippen LogP contribution in [0.1, 0.15) is 86.5 Å². The highest BCUT2D eigenvalue weighted by Gasteiger charge is 2.23. The van der Waals surface area contributed by atoms with E-state index in [0.29, 0.717) is 5.41 Å². The average molecular weight is 226 g/mol. The monoisotopic (exact) mass is 226 g/mol. The van der Waals surface area contributed by atoms with Crippen molar-refractivity contribution < 1.29 is 0 Å². The molecule has 0 bridgehead atoms. The average Bonchev–Trinajstić information content (AvgIpc) is 2.26. The van der Waals surface area contributed by atoms with Crippen LogP contribution < -0.4 is 0 Å². The summed E-state index contributed by atoms with van der Waals surface area (Å²) in [6.07, 6.45) is 9.81. The van der Waals surface area contributed by atoms with E-state index in [-0.39, 0.29) is 0 Å². The van der Waals surface area contributed by atoms with Crippen molar-refractivity contribution >= 4 is 0 Å². The molecule has 0 N–H and O–H groups in total. The van der Waals surface area contributed by atoms with Crippen LogP contribution in [0.5, 0.6) is 0 Å². The summed E-state index contributed by atoms with van der Waals surface area (Å²) in [6, 6.07) is 0. The largest absolute Gasteiger partial charge is 0.0654 e. The Morgan fingerprint density at radius 2 is 1.69 bits per heavy atom. The van der Waals surface area contributed by atoms with Gasteiger partial charge in [0, 0.05) is 0 Å². The minimum Gasteiger partial charge on any atom is -0.0654 e. The number of hydrogen-bond donors (Lipinski definition) is 0. The molecule has 0 radical (unpaired) electrons. The fourth-order valence-electron chi connectivity index (χ4n) is 2.17. The van der Waals surface area contributed by atoms with Gasteiger partial charge in [0.2, 0.25) is 0 Å². The third-order valence-corrected chi connectivity index (χ3v) is 4.49. The molecule has 1 rings (SSSR count). The molecule has 0 heteroatoms. The number of hydrogen-bond acceptors (Lipinski definition) is 0. The highest BCUT2D eigenvalue weighted by Crippen LogP contribution is 2.35. The molecule has 1 saturated carbocycles. The summed E-state index contributed by atoms with van der Waals surface area (Å²) in [5.74, 6) is 2.13. The predicted octanol–water partition coefficient (Wildman–Crippen LogP) is 6.06. The Morgan fingerprint density at radius 1 is 1.06 bits per heavy atom. The second-order valence-electron chi connectivity index (χ2n) is 6.34. The van der Waals surface area contributed by atoms with Gasteiger partial charge in [-0.2, -0.15) is 0 Å². The van der Waals surface area contributed by atoms with E-state index in [1.54, 1.807) is 0 Å². The Balaban J connectivity index is 0.000000288. The van der Waals surface area contributed by atoms with Gasteiger partial charge in [0.05, 0.1) is 0 Å². The van der Waals surface area contributed by atoms with Crippen LogP contribution in [0.25, 0.3) is 0 Å². The maximum atomic E-state index is 2.36. The highest BCUT2D eigenvalue weighted by molar-refractivity contribution is 4.75. The molecule has 16 heavy (non-hydrogen) atoms. The first-order chi connectivity index (χ1) is 7.46. The van der Waals surface area contributed by atoms with E-state index in [4.69, 9.17) is 0 Å². The predicted molar refractivity (Wildman–Crippen MR) is 75.8 cm³/mol. The molecule has 0 heterocycles. The SMILES string of the molecule is CCC1CCC1C.CCCCC(C)(C)CC. The Labute approximate surface area is 104 Å². The van der Waals surface area contributed by atoms with Crippen molar-refractivity contribution in [2.75, 3.05) is 0 Å². The second kappa shape index (κ2) is 8.14. The summed E-state index contributed by atoms with van der Waals surface area (Å²) < 4.78 is 0. The van der Waals surface area contributed by atoms with Crippen molar-refractivity contribution in [2.45, 2.75) is 86.5 Å². The molecular weight excluding hydrogens is 192 g/mol. The maximum Gasteiger partial charge on any atom is -0.0357 e. The van der Waals surface area contributed by atoms with E-state index in [1.165, 1.54) is 44.9 Å². The number of unbranched alkanes of at least 4 members (excludes halogenated alkanes) is 1. The molecular formula is C16H34. The summed E-state index contributed by atoms with van der Waals surface area (Å²) in [7, 11) is 0. The summed E-state index contributed by atoms with van der Waals surface area (Å²) in [5, 5.41) is 0. The molecule has 1 aliphatic carbocycles. The zero-order chi connectivity index (χ0) is 12.6. The first-order valence-electron chi connectivity index (χ1n) is 7.46. The molecule has 0 aromatic heterocycles. The molecule has 0 aliphatic heterocycles. The van der Waals surface area contributed by atoms with Crippen molar-refractivity contribution in [1.82, 2.24) is 0 Å². The summed E-state index contributed by atoms with van der Waals surface area (Å²) >= 11 is 0. The Morgan fingerprint density at radius 3 is 1.88 bits per heavy atom. The van der Waals surface area contributed by atoms with E-state index >= 15 is 0 Å². The fraction of sp³-hybridized carbons (Fsp3) is 1.00. The van der Waals surface area contributed by atoms with Gasteiger partial charge in [-0.05, 0) is 30.1 Å². The van der Waals surface area contributed by atoms with Gasteiger partial charge in [-0.25, -0.2) is 0 Å². The van der Waals surface area contributed by atoms with Gasteiger partial charge in [-0.3, -0.25) is 0 Å². The van der Waals surface area contributed by atoms with Crippen LogP contribution in [-0.4, -0.2) is 0 Å². The molecule has 1 aliphatic rings. The number of rotatable bonds is 5. The molecule has 0 aromatic rings. The van der Waals surface area contributed by atoms with Crippen molar-refractivity contribution in [3.8, 4) is 0 Å². The van der Waals surface area contributed by atoms with E-state index in [1.807, 2.05) is 0 Å². The Kier molecular flexibility index (Phi) is 8.14. The molecule has 98 valence electrons. The van der Waals surface area contributed by atoms with Crippen molar-refractivity contribution in [3.05, 3.63) is 0 Å². The van der Waals surface area contributed by atoms with Crippen LogP contribution in [-0.2, 0) is 0 Å². The third-order valence-electron chi connectivity index (χ3n) is 4.49. The van der Waals surface area contributed by atoms with Gasteiger partial charge in [0.1, 0.15) is 0 Å². The van der Waals surface area contributed by atoms with E-state index in [9.17, 15) is 0 Å². The van der Waals surface area contributed by atoms with Crippen LogP contribution in [0, 0.1) is 17.3 Å². The normalized spacial score (nSPS) is 24.4. The smallest absolute Gasteiger partial charge is 0.0357 e. The topological polar surface area (TPSA) is 0 Å². The molecule has 1 fully saturated rings. The van der Waals surface area contributed by atoms with Gasteiger partial charge < -0.3 is 0 Å². The maximum absolute atomic E-state index is 2.36. The van der Waals surface area contributed by atoms with E-state index < -0.39 is 0 Å². The van der Waals surface area contributed by atoms with Crippen LogP contribution in [0.2, 0.25) is 0 Å². The minimum atomic E-state index is 0.593. The lowest BCUT2D eigenvalue weighted by Crippen LogP contribution is -2.21. The second-order valence-corrected chi connectivity index (χ2v) is 6.34. The Hall–Kier alpha value is 0. The quantitative estimate of drug-likeness (QED) is 0.535.